The number of aromatic nitrogens is 3. The molecular formula is C17H14BrF3N4OS. The van der Waals surface area contributed by atoms with Crippen LogP contribution in [0.5, 0.6) is 0 Å². The van der Waals surface area contributed by atoms with E-state index in [-0.39, 0.29) is 17.6 Å². The van der Waals surface area contributed by atoms with Crippen LogP contribution in [0.15, 0.2) is 34.4 Å². The topological polar surface area (TPSA) is 50.5 Å². The highest BCUT2D eigenvalue weighted by molar-refractivity contribution is 9.10. The third-order valence-electron chi connectivity index (χ3n) is 4.57. The van der Waals surface area contributed by atoms with E-state index in [1.165, 1.54) is 0 Å². The summed E-state index contributed by atoms with van der Waals surface area (Å²) in [6, 6.07) is 5.51. The Labute approximate surface area is 165 Å². The molecule has 1 aliphatic heterocycles. The number of carbonyl (C=O) groups is 1. The quantitative estimate of drug-likeness (QED) is 0.564. The molecule has 0 bridgehead atoms. The van der Waals surface area contributed by atoms with E-state index < -0.39 is 11.9 Å². The SMILES string of the molecule is O=C(c1nc(Br)c2ccccn12)N1CCCC(c2nc(C(F)(F)F)cs2)C1. The molecule has 10 heteroatoms. The minimum Gasteiger partial charge on any atom is -0.335 e. The van der Waals surface area contributed by atoms with Gasteiger partial charge in [-0.2, -0.15) is 13.2 Å². The number of nitrogens with zero attached hydrogens (tertiary/aromatic N) is 4. The smallest absolute Gasteiger partial charge is 0.335 e. The minimum absolute atomic E-state index is 0.196. The zero-order valence-corrected chi connectivity index (χ0v) is 16.3. The van der Waals surface area contributed by atoms with Gasteiger partial charge in [-0.25, -0.2) is 9.97 Å². The molecule has 0 aliphatic carbocycles. The standard InChI is InChI=1S/C17H14BrF3N4OS/c18-13-11-5-1-2-7-25(11)14(23-13)16(26)24-6-3-4-10(8-24)15-22-12(9-27-15)17(19,20)21/h1-2,5,7,9-10H,3-4,6,8H2. The second-order valence-corrected chi connectivity index (χ2v) is 7.98. The van der Waals surface area contributed by atoms with Gasteiger partial charge >= 0.3 is 6.18 Å². The number of halogens is 4. The van der Waals surface area contributed by atoms with Crippen LogP contribution >= 0.6 is 27.3 Å². The summed E-state index contributed by atoms with van der Waals surface area (Å²) in [7, 11) is 0. The molecule has 0 N–H and O–H groups in total. The number of rotatable bonds is 2. The molecule has 4 heterocycles. The highest BCUT2D eigenvalue weighted by Crippen LogP contribution is 2.35. The van der Waals surface area contributed by atoms with Crippen molar-refractivity contribution in [1.29, 1.82) is 0 Å². The van der Waals surface area contributed by atoms with E-state index in [1.54, 1.807) is 15.5 Å². The van der Waals surface area contributed by atoms with Gasteiger partial charge in [-0.15, -0.1) is 11.3 Å². The number of carbonyl (C=O) groups excluding carboxylic acids is 1. The molecule has 1 atom stereocenters. The van der Waals surface area contributed by atoms with Gasteiger partial charge in [0.1, 0.15) is 4.60 Å². The third kappa shape index (κ3) is 3.47. The summed E-state index contributed by atoms with van der Waals surface area (Å²) in [5.74, 6) is -0.147. The predicted molar refractivity (Wildman–Crippen MR) is 97.9 cm³/mol. The van der Waals surface area contributed by atoms with Crippen molar-refractivity contribution in [3.8, 4) is 0 Å². The predicted octanol–water partition coefficient (Wildman–Crippen LogP) is 4.59. The Morgan fingerprint density at radius 1 is 1.30 bits per heavy atom. The molecule has 142 valence electrons. The largest absolute Gasteiger partial charge is 0.434 e. The zero-order chi connectivity index (χ0) is 19.2. The molecule has 1 fully saturated rings. The van der Waals surface area contributed by atoms with E-state index in [0.717, 1.165) is 22.2 Å². The fraction of sp³-hybridized carbons (Fsp3) is 0.353. The van der Waals surface area contributed by atoms with E-state index in [0.29, 0.717) is 35.5 Å². The van der Waals surface area contributed by atoms with Crippen LogP contribution in [0, 0.1) is 0 Å². The Morgan fingerprint density at radius 2 is 2.11 bits per heavy atom. The highest BCUT2D eigenvalue weighted by Gasteiger charge is 2.36. The van der Waals surface area contributed by atoms with Gasteiger partial charge in [0.2, 0.25) is 5.82 Å². The van der Waals surface area contributed by atoms with Gasteiger partial charge in [0.05, 0.1) is 10.5 Å². The number of pyridine rings is 1. The number of thiazole rings is 1. The lowest BCUT2D eigenvalue weighted by Crippen LogP contribution is -2.40. The van der Waals surface area contributed by atoms with Crippen LogP contribution in [0.1, 0.15) is 40.1 Å². The molecule has 4 rings (SSSR count). The molecule has 1 amide bonds. The Balaban J connectivity index is 1.57. The van der Waals surface area contributed by atoms with Crippen molar-refractivity contribution in [2.24, 2.45) is 0 Å². The van der Waals surface area contributed by atoms with Gasteiger partial charge in [0, 0.05) is 30.6 Å². The number of amides is 1. The van der Waals surface area contributed by atoms with Crippen LogP contribution in [0.25, 0.3) is 5.52 Å². The van der Waals surface area contributed by atoms with Crippen molar-refractivity contribution < 1.29 is 18.0 Å². The Kier molecular flexibility index (Phi) is 4.71. The van der Waals surface area contributed by atoms with Crippen LogP contribution in [0.2, 0.25) is 0 Å². The molecule has 1 saturated heterocycles. The summed E-state index contributed by atoms with van der Waals surface area (Å²) in [5, 5.41) is 1.46. The second-order valence-electron chi connectivity index (χ2n) is 6.34. The molecule has 0 aromatic carbocycles. The van der Waals surface area contributed by atoms with Gasteiger partial charge in [-0.05, 0) is 40.9 Å². The van der Waals surface area contributed by atoms with E-state index >= 15 is 0 Å². The van der Waals surface area contributed by atoms with Crippen LogP contribution in [0.4, 0.5) is 13.2 Å². The molecular weight excluding hydrogens is 445 g/mol. The first kappa shape index (κ1) is 18.4. The fourth-order valence-electron chi connectivity index (χ4n) is 3.26. The van der Waals surface area contributed by atoms with Crippen LogP contribution in [-0.4, -0.2) is 38.3 Å². The number of hydrogen-bond acceptors (Lipinski definition) is 4. The lowest BCUT2D eigenvalue weighted by atomic mass is 9.98. The van der Waals surface area contributed by atoms with Crippen molar-refractivity contribution in [2.75, 3.05) is 13.1 Å². The summed E-state index contributed by atoms with van der Waals surface area (Å²) in [5.41, 5.74) is -0.0849. The first-order valence-electron chi connectivity index (χ1n) is 8.29. The average Bonchev–Trinajstić information content (AvgIpc) is 3.27. The number of likely N-dealkylation sites (tertiary alicyclic amines) is 1. The number of hydrogen-bond donors (Lipinski definition) is 0. The number of piperidine rings is 1. The summed E-state index contributed by atoms with van der Waals surface area (Å²) in [6.45, 7) is 0.884. The average molecular weight is 459 g/mol. The van der Waals surface area contributed by atoms with Gasteiger partial charge in [-0.1, -0.05) is 6.07 Å². The number of alkyl halides is 3. The van der Waals surface area contributed by atoms with Crippen LogP contribution in [0.3, 0.4) is 0 Å². The Hall–Kier alpha value is -1.94. The van der Waals surface area contributed by atoms with Crippen molar-refractivity contribution in [3.05, 3.63) is 50.9 Å². The van der Waals surface area contributed by atoms with E-state index in [9.17, 15) is 18.0 Å². The van der Waals surface area contributed by atoms with Crippen molar-refractivity contribution in [2.45, 2.75) is 24.9 Å². The van der Waals surface area contributed by atoms with Crippen LogP contribution in [-0.2, 0) is 6.18 Å². The number of fused-ring (bicyclic) bond motifs is 1. The normalized spacial score (nSPS) is 18.2. The maximum absolute atomic E-state index is 13.0. The molecule has 0 radical (unpaired) electrons. The number of imidazole rings is 1. The molecule has 27 heavy (non-hydrogen) atoms. The van der Waals surface area contributed by atoms with Gasteiger partial charge < -0.3 is 4.90 Å². The van der Waals surface area contributed by atoms with E-state index in [4.69, 9.17) is 0 Å². The molecule has 1 unspecified atom stereocenters. The maximum Gasteiger partial charge on any atom is 0.434 e. The van der Waals surface area contributed by atoms with Gasteiger partial charge in [0.25, 0.3) is 5.91 Å². The lowest BCUT2D eigenvalue weighted by molar-refractivity contribution is -0.140. The monoisotopic (exact) mass is 458 g/mol. The van der Waals surface area contributed by atoms with Gasteiger partial charge in [0.15, 0.2) is 5.69 Å². The molecule has 1 aliphatic rings. The van der Waals surface area contributed by atoms with Crippen molar-refractivity contribution in [3.63, 3.8) is 0 Å². The summed E-state index contributed by atoms with van der Waals surface area (Å²) in [4.78, 5) is 22.7. The molecule has 5 nitrogen and oxygen atoms in total. The van der Waals surface area contributed by atoms with Crippen molar-refractivity contribution >= 4 is 38.7 Å². The fourth-order valence-corrected chi connectivity index (χ4v) is 4.71. The second kappa shape index (κ2) is 6.90. The lowest BCUT2D eigenvalue weighted by Gasteiger charge is -2.31. The minimum atomic E-state index is -4.44. The highest BCUT2D eigenvalue weighted by atomic mass is 79.9. The Bertz CT molecular complexity index is 1000. The van der Waals surface area contributed by atoms with Crippen LogP contribution < -0.4 is 0 Å². The van der Waals surface area contributed by atoms with E-state index in [1.807, 2.05) is 18.2 Å². The molecule has 3 aromatic heterocycles. The summed E-state index contributed by atoms with van der Waals surface area (Å²) in [6.07, 6.45) is -1.26. The Morgan fingerprint density at radius 3 is 2.85 bits per heavy atom. The first-order valence-corrected chi connectivity index (χ1v) is 9.96. The zero-order valence-electron chi connectivity index (χ0n) is 13.9. The van der Waals surface area contributed by atoms with Crippen molar-refractivity contribution in [1.82, 2.24) is 19.3 Å². The molecule has 0 saturated carbocycles. The maximum atomic E-state index is 13.0. The summed E-state index contributed by atoms with van der Waals surface area (Å²) >= 11 is 4.36. The third-order valence-corrected chi connectivity index (χ3v) is 6.16. The van der Waals surface area contributed by atoms with Gasteiger partial charge in [-0.3, -0.25) is 9.20 Å². The summed E-state index contributed by atoms with van der Waals surface area (Å²) < 4.78 is 40.7. The molecule has 3 aromatic rings. The first-order chi connectivity index (χ1) is 12.8. The molecule has 0 spiro atoms. The van der Waals surface area contributed by atoms with E-state index in [2.05, 4.69) is 25.9 Å².